The van der Waals surface area contributed by atoms with E-state index in [9.17, 15) is 13.2 Å². The van der Waals surface area contributed by atoms with E-state index >= 15 is 0 Å². The smallest absolute Gasteiger partial charge is 0.243 e. The van der Waals surface area contributed by atoms with E-state index in [4.69, 9.17) is 0 Å². The van der Waals surface area contributed by atoms with Gasteiger partial charge in [0, 0.05) is 30.9 Å². The van der Waals surface area contributed by atoms with Crippen molar-refractivity contribution in [2.45, 2.75) is 54.8 Å². The van der Waals surface area contributed by atoms with Crippen LogP contribution >= 0.6 is 11.8 Å². The molecule has 1 aliphatic heterocycles. The zero-order valence-electron chi connectivity index (χ0n) is 19.5. The molecular formula is C25H30N4O3S2. The molecule has 1 atom stereocenters. The van der Waals surface area contributed by atoms with Crippen LogP contribution in [0.15, 0.2) is 64.6 Å². The van der Waals surface area contributed by atoms with Crippen LogP contribution in [0.25, 0.3) is 0 Å². The Labute approximate surface area is 205 Å². The molecule has 34 heavy (non-hydrogen) atoms. The van der Waals surface area contributed by atoms with E-state index in [1.807, 2.05) is 32.0 Å². The fourth-order valence-electron chi connectivity index (χ4n) is 3.94. The molecule has 180 valence electrons. The van der Waals surface area contributed by atoms with Gasteiger partial charge in [0.1, 0.15) is 0 Å². The van der Waals surface area contributed by atoms with Gasteiger partial charge in [-0.05, 0) is 50.5 Å². The molecule has 7 nitrogen and oxygen atoms in total. The number of imidazole rings is 1. The van der Waals surface area contributed by atoms with Gasteiger partial charge in [0.05, 0.1) is 15.8 Å². The van der Waals surface area contributed by atoms with Crippen LogP contribution in [0.3, 0.4) is 0 Å². The number of H-pyrrole nitrogens is 1. The lowest BCUT2D eigenvalue weighted by atomic mass is 10.1. The van der Waals surface area contributed by atoms with Crippen molar-refractivity contribution in [3.63, 3.8) is 0 Å². The van der Waals surface area contributed by atoms with Gasteiger partial charge in [-0.2, -0.15) is 4.31 Å². The number of nitrogens with one attached hydrogen (secondary N) is 2. The van der Waals surface area contributed by atoms with Crippen LogP contribution < -0.4 is 5.32 Å². The summed E-state index contributed by atoms with van der Waals surface area (Å²) in [5.41, 5.74) is 3.58. The van der Waals surface area contributed by atoms with Crippen LogP contribution in [0.1, 0.15) is 43.1 Å². The van der Waals surface area contributed by atoms with Gasteiger partial charge in [0.15, 0.2) is 5.16 Å². The van der Waals surface area contributed by atoms with Crippen LogP contribution in [0.5, 0.6) is 0 Å². The van der Waals surface area contributed by atoms with Crippen molar-refractivity contribution >= 4 is 33.4 Å². The average molecular weight is 499 g/mol. The Morgan fingerprint density at radius 1 is 1.12 bits per heavy atom. The number of benzene rings is 2. The second-order valence-corrected chi connectivity index (χ2v) is 11.8. The predicted molar refractivity (Wildman–Crippen MR) is 136 cm³/mol. The molecule has 1 fully saturated rings. The Kier molecular flexibility index (Phi) is 7.75. The van der Waals surface area contributed by atoms with Crippen molar-refractivity contribution in [2.75, 3.05) is 18.4 Å². The summed E-state index contributed by atoms with van der Waals surface area (Å²) in [5.74, 6) is -0.212. The number of hydrogen-bond acceptors (Lipinski definition) is 5. The molecule has 4 rings (SSSR count). The highest BCUT2D eigenvalue weighted by Gasteiger charge is 2.26. The molecule has 2 N–H and O–H groups in total. The number of piperidine rings is 1. The molecule has 0 bridgehead atoms. The van der Waals surface area contributed by atoms with Crippen molar-refractivity contribution in [2.24, 2.45) is 0 Å². The van der Waals surface area contributed by atoms with E-state index in [0.29, 0.717) is 23.9 Å². The molecule has 0 radical (unpaired) electrons. The Morgan fingerprint density at radius 3 is 2.59 bits per heavy atom. The van der Waals surface area contributed by atoms with Crippen LogP contribution in [0, 0.1) is 6.92 Å². The molecule has 0 saturated carbocycles. The third-order valence-corrected chi connectivity index (χ3v) is 8.77. The molecule has 1 saturated heterocycles. The third kappa shape index (κ3) is 5.89. The first kappa shape index (κ1) is 24.5. The fourth-order valence-corrected chi connectivity index (χ4v) is 6.38. The number of rotatable bonds is 8. The van der Waals surface area contributed by atoms with Gasteiger partial charge in [0.25, 0.3) is 0 Å². The highest BCUT2D eigenvalue weighted by molar-refractivity contribution is 8.00. The maximum absolute atomic E-state index is 13.0. The van der Waals surface area contributed by atoms with Gasteiger partial charge in [-0.3, -0.25) is 4.79 Å². The second-order valence-electron chi connectivity index (χ2n) is 8.52. The molecule has 1 unspecified atom stereocenters. The lowest BCUT2D eigenvalue weighted by Gasteiger charge is -2.26. The molecule has 2 aromatic carbocycles. The summed E-state index contributed by atoms with van der Waals surface area (Å²) in [5, 5.41) is 3.12. The van der Waals surface area contributed by atoms with E-state index in [1.54, 1.807) is 18.2 Å². The average Bonchev–Trinajstić information content (AvgIpc) is 3.18. The lowest BCUT2D eigenvalue weighted by Crippen LogP contribution is -2.35. The van der Waals surface area contributed by atoms with Gasteiger partial charge in [0.2, 0.25) is 15.9 Å². The summed E-state index contributed by atoms with van der Waals surface area (Å²) in [6.45, 7) is 4.88. The summed E-state index contributed by atoms with van der Waals surface area (Å²) in [6.07, 6.45) is 3.54. The van der Waals surface area contributed by atoms with Gasteiger partial charge >= 0.3 is 0 Å². The van der Waals surface area contributed by atoms with E-state index in [-0.39, 0.29) is 10.8 Å². The van der Waals surface area contributed by atoms with Gasteiger partial charge in [-0.1, -0.05) is 54.6 Å². The zero-order chi connectivity index (χ0) is 24.1. The first-order valence-electron chi connectivity index (χ1n) is 11.5. The molecular weight excluding hydrogens is 468 g/mol. The topological polar surface area (TPSA) is 95.2 Å². The molecule has 0 spiro atoms. The number of hydrogen-bond donors (Lipinski definition) is 2. The van der Waals surface area contributed by atoms with E-state index in [2.05, 4.69) is 27.4 Å². The number of nitrogens with zero attached hydrogens (tertiary/aromatic N) is 2. The maximum Gasteiger partial charge on any atom is 0.243 e. The number of aromatic nitrogens is 2. The normalized spacial score (nSPS) is 15.7. The highest BCUT2D eigenvalue weighted by atomic mass is 32.2. The van der Waals surface area contributed by atoms with Crippen LogP contribution in [-0.4, -0.2) is 46.9 Å². The number of aromatic amines is 1. The van der Waals surface area contributed by atoms with E-state index in [0.717, 1.165) is 37.1 Å². The predicted octanol–water partition coefficient (Wildman–Crippen LogP) is 4.60. The summed E-state index contributed by atoms with van der Waals surface area (Å²) in [4.78, 5) is 21.0. The Bertz CT molecular complexity index is 1240. The number of sulfonamides is 1. The molecule has 2 heterocycles. The lowest BCUT2D eigenvalue weighted by molar-refractivity contribution is -0.115. The quantitative estimate of drug-likeness (QED) is 0.443. The number of aryl methyl sites for hydroxylation is 1. The highest BCUT2D eigenvalue weighted by Crippen LogP contribution is 2.26. The summed E-state index contributed by atoms with van der Waals surface area (Å²) >= 11 is 1.34. The van der Waals surface area contributed by atoms with Crippen LogP contribution in [-0.2, 0) is 21.2 Å². The monoisotopic (exact) mass is 498 g/mol. The standard InChI is InChI=1S/C25H30N4O3S2/c1-18-23(16-20-10-5-3-6-11-20)28-25(26-18)33-19(2)24(30)27-21-12-9-13-22(17-21)34(31,32)29-14-7-4-8-15-29/h3,5-6,9-13,17,19H,4,7-8,14-16H2,1-2H3,(H,26,28)(H,27,30). The molecule has 1 aromatic heterocycles. The maximum atomic E-state index is 13.0. The Balaban J connectivity index is 1.39. The fraction of sp³-hybridized carbons (Fsp3) is 0.360. The van der Waals surface area contributed by atoms with Crippen molar-refractivity contribution in [3.05, 3.63) is 71.5 Å². The molecule has 3 aromatic rings. The number of anilines is 1. The number of carbonyl (C=O) groups is 1. The largest absolute Gasteiger partial charge is 0.337 e. The zero-order valence-corrected chi connectivity index (χ0v) is 21.1. The number of amides is 1. The van der Waals surface area contributed by atoms with Crippen molar-refractivity contribution in [1.82, 2.24) is 14.3 Å². The number of thioether (sulfide) groups is 1. The van der Waals surface area contributed by atoms with Crippen molar-refractivity contribution in [3.8, 4) is 0 Å². The molecule has 9 heteroatoms. The summed E-state index contributed by atoms with van der Waals surface area (Å²) < 4.78 is 27.5. The minimum atomic E-state index is -3.56. The van der Waals surface area contributed by atoms with Crippen molar-refractivity contribution < 1.29 is 13.2 Å². The van der Waals surface area contributed by atoms with Crippen LogP contribution in [0.2, 0.25) is 0 Å². The van der Waals surface area contributed by atoms with Gasteiger partial charge in [-0.15, -0.1) is 0 Å². The van der Waals surface area contributed by atoms with E-state index in [1.165, 1.54) is 27.7 Å². The molecule has 0 aliphatic carbocycles. The van der Waals surface area contributed by atoms with Gasteiger partial charge in [-0.25, -0.2) is 13.4 Å². The SMILES string of the molecule is Cc1[nH]c(SC(C)C(=O)Nc2cccc(S(=O)(=O)N3CCCCC3)c2)nc1Cc1ccccc1. The van der Waals surface area contributed by atoms with Crippen LogP contribution in [0.4, 0.5) is 5.69 Å². The Hall–Kier alpha value is -2.62. The first-order valence-corrected chi connectivity index (χ1v) is 13.8. The van der Waals surface area contributed by atoms with Crippen molar-refractivity contribution in [1.29, 1.82) is 0 Å². The third-order valence-electron chi connectivity index (χ3n) is 5.89. The minimum absolute atomic E-state index is 0.208. The molecule has 1 aliphatic rings. The number of carbonyl (C=O) groups excluding carboxylic acids is 1. The van der Waals surface area contributed by atoms with Gasteiger partial charge < -0.3 is 10.3 Å². The first-order chi connectivity index (χ1) is 16.3. The van der Waals surface area contributed by atoms with E-state index < -0.39 is 15.3 Å². The molecule has 1 amide bonds. The summed E-state index contributed by atoms with van der Waals surface area (Å²) in [7, 11) is -3.56. The Morgan fingerprint density at radius 2 is 1.85 bits per heavy atom. The second kappa shape index (κ2) is 10.8. The minimum Gasteiger partial charge on any atom is -0.337 e. The summed E-state index contributed by atoms with van der Waals surface area (Å²) in [6, 6.07) is 16.6.